The van der Waals surface area contributed by atoms with Gasteiger partial charge in [0.15, 0.2) is 5.69 Å². The highest BCUT2D eigenvalue weighted by Crippen LogP contribution is 2.39. The number of aromatic nitrogens is 1. The summed E-state index contributed by atoms with van der Waals surface area (Å²) in [6.45, 7) is 13.8. The SMILES string of the molecule is [C-]#[N+]c1ccc(C(C)(c2ccc(C(O)Cc3ccccn3)cc2)C(C)C)cc1. The first-order valence-electron chi connectivity index (χ1n) is 9.61. The quantitative estimate of drug-likeness (QED) is 0.551. The molecule has 142 valence electrons. The lowest BCUT2D eigenvalue weighted by Gasteiger charge is -2.35. The van der Waals surface area contributed by atoms with Gasteiger partial charge in [-0.05, 0) is 34.7 Å². The van der Waals surface area contributed by atoms with Gasteiger partial charge in [0, 0.05) is 23.7 Å². The maximum Gasteiger partial charge on any atom is 0.187 e. The fourth-order valence-electron chi connectivity index (χ4n) is 3.60. The molecule has 3 aromatic rings. The van der Waals surface area contributed by atoms with E-state index >= 15 is 0 Å². The highest BCUT2D eigenvalue weighted by atomic mass is 16.3. The van der Waals surface area contributed by atoms with Crippen LogP contribution in [-0.4, -0.2) is 10.1 Å². The molecule has 2 aromatic carbocycles. The van der Waals surface area contributed by atoms with Crippen molar-refractivity contribution in [3.05, 3.63) is 107 Å². The number of aliphatic hydroxyl groups is 1. The molecule has 0 saturated carbocycles. The third-order valence-electron chi connectivity index (χ3n) is 5.77. The van der Waals surface area contributed by atoms with Crippen LogP contribution >= 0.6 is 0 Å². The Labute approximate surface area is 167 Å². The summed E-state index contributed by atoms with van der Waals surface area (Å²) >= 11 is 0. The topological polar surface area (TPSA) is 37.5 Å². The zero-order chi connectivity index (χ0) is 20.1. The van der Waals surface area contributed by atoms with Gasteiger partial charge in [0.2, 0.25) is 0 Å². The zero-order valence-electron chi connectivity index (χ0n) is 16.6. The normalized spacial score (nSPS) is 14.3. The van der Waals surface area contributed by atoms with Crippen molar-refractivity contribution in [1.82, 2.24) is 4.98 Å². The van der Waals surface area contributed by atoms with Crippen LogP contribution in [0.15, 0.2) is 72.9 Å². The van der Waals surface area contributed by atoms with Crippen molar-refractivity contribution in [2.45, 2.75) is 38.7 Å². The minimum Gasteiger partial charge on any atom is -0.388 e. The number of aliphatic hydroxyl groups excluding tert-OH is 1. The predicted molar refractivity (Wildman–Crippen MR) is 113 cm³/mol. The molecule has 0 aliphatic rings. The third-order valence-corrected chi connectivity index (χ3v) is 5.77. The molecule has 0 saturated heterocycles. The van der Waals surface area contributed by atoms with Gasteiger partial charge in [0.25, 0.3) is 0 Å². The molecule has 1 aromatic heterocycles. The van der Waals surface area contributed by atoms with Gasteiger partial charge >= 0.3 is 0 Å². The molecule has 3 nitrogen and oxygen atoms in total. The van der Waals surface area contributed by atoms with E-state index in [1.165, 1.54) is 11.1 Å². The molecule has 28 heavy (non-hydrogen) atoms. The van der Waals surface area contributed by atoms with Gasteiger partial charge < -0.3 is 5.11 Å². The minimum absolute atomic E-state index is 0.176. The molecular weight excluding hydrogens is 344 g/mol. The first-order chi connectivity index (χ1) is 13.4. The molecule has 2 atom stereocenters. The molecule has 0 aliphatic heterocycles. The molecule has 0 aliphatic carbocycles. The summed E-state index contributed by atoms with van der Waals surface area (Å²) in [6.07, 6.45) is 1.67. The molecule has 1 heterocycles. The van der Waals surface area contributed by atoms with Crippen molar-refractivity contribution in [2.75, 3.05) is 0 Å². The van der Waals surface area contributed by atoms with Gasteiger partial charge in [-0.25, -0.2) is 4.85 Å². The summed E-state index contributed by atoms with van der Waals surface area (Å²) < 4.78 is 0. The highest BCUT2D eigenvalue weighted by molar-refractivity contribution is 5.49. The molecule has 1 N–H and O–H groups in total. The first kappa shape index (κ1) is 19.8. The Balaban J connectivity index is 1.87. The average molecular weight is 370 g/mol. The van der Waals surface area contributed by atoms with Gasteiger partial charge in [-0.1, -0.05) is 75.4 Å². The maximum absolute atomic E-state index is 10.6. The van der Waals surface area contributed by atoms with Crippen molar-refractivity contribution in [1.29, 1.82) is 0 Å². The Kier molecular flexibility index (Phi) is 5.92. The van der Waals surface area contributed by atoms with E-state index in [1.54, 1.807) is 6.20 Å². The molecule has 0 spiro atoms. The van der Waals surface area contributed by atoms with E-state index in [1.807, 2.05) is 42.5 Å². The van der Waals surface area contributed by atoms with Crippen molar-refractivity contribution < 1.29 is 5.11 Å². The number of hydrogen-bond acceptors (Lipinski definition) is 2. The molecule has 2 unspecified atom stereocenters. The molecule has 0 amide bonds. The standard InChI is InChI=1S/C25H26N2O/c1-18(2)25(3,21-12-14-22(26-4)15-13-21)20-10-8-19(9-11-20)24(28)17-23-7-5-6-16-27-23/h5-16,18,24,28H,17H2,1-3H3. The first-order valence-corrected chi connectivity index (χ1v) is 9.61. The highest BCUT2D eigenvalue weighted by Gasteiger charge is 2.32. The molecule has 3 heteroatoms. The van der Waals surface area contributed by atoms with E-state index in [9.17, 15) is 5.11 Å². The van der Waals surface area contributed by atoms with Crippen molar-refractivity contribution >= 4 is 5.69 Å². The molecule has 0 fully saturated rings. The van der Waals surface area contributed by atoms with Crippen LogP contribution < -0.4 is 0 Å². The van der Waals surface area contributed by atoms with Crippen LogP contribution in [0.3, 0.4) is 0 Å². The summed E-state index contributed by atoms with van der Waals surface area (Å²) in [6, 6.07) is 21.9. The molecule has 0 radical (unpaired) electrons. The van der Waals surface area contributed by atoms with Crippen LogP contribution in [0.5, 0.6) is 0 Å². The summed E-state index contributed by atoms with van der Waals surface area (Å²) in [5, 5.41) is 10.6. The fraction of sp³-hybridized carbons (Fsp3) is 0.280. The van der Waals surface area contributed by atoms with Gasteiger partial charge in [-0.3, -0.25) is 4.98 Å². The van der Waals surface area contributed by atoms with Crippen LogP contribution in [0.25, 0.3) is 4.85 Å². The summed E-state index contributed by atoms with van der Waals surface area (Å²) in [5.74, 6) is 0.371. The monoisotopic (exact) mass is 370 g/mol. The lowest BCUT2D eigenvalue weighted by atomic mass is 9.68. The van der Waals surface area contributed by atoms with Gasteiger partial charge in [-0.2, -0.15) is 0 Å². The summed E-state index contributed by atoms with van der Waals surface area (Å²) in [7, 11) is 0. The third kappa shape index (κ3) is 3.98. The number of nitrogens with zero attached hydrogens (tertiary/aromatic N) is 2. The largest absolute Gasteiger partial charge is 0.388 e. The van der Waals surface area contributed by atoms with Crippen molar-refractivity contribution in [2.24, 2.45) is 5.92 Å². The van der Waals surface area contributed by atoms with E-state index in [0.29, 0.717) is 18.0 Å². The van der Waals surface area contributed by atoms with Crippen molar-refractivity contribution in [3.63, 3.8) is 0 Å². The summed E-state index contributed by atoms with van der Waals surface area (Å²) in [5.41, 5.74) is 4.65. The number of rotatable bonds is 6. The molecule has 0 bridgehead atoms. The van der Waals surface area contributed by atoms with E-state index in [4.69, 9.17) is 6.57 Å². The van der Waals surface area contributed by atoms with E-state index in [0.717, 1.165) is 11.3 Å². The molecular formula is C25H26N2O. The Hall–Kier alpha value is -2.96. The number of benzene rings is 2. The van der Waals surface area contributed by atoms with E-state index in [-0.39, 0.29) is 5.41 Å². The fourth-order valence-corrected chi connectivity index (χ4v) is 3.60. The number of pyridine rings is 1. The Morgan fingerprint density at radius 2 is 1.57 bits per heavy atom. The van der Waals surface area contributed by atoms with Gasteiger partial charge in [0.05, 0.1) is 12.7 Å². The molecule has 3 rings (SSSR count). The van der Waals surface area contributed by atoms with Crippen molar-refractivity contribution in [3.8, 4) is 0 Å². The lowest BCUT2D eigenvalue weighted by molar-refractivity contribution is 0.177. The maximum atomic E-state index is 10.6. The van der Waals surface area contributed by atoms with Gasteiger partial charge in [0.1, 0.15) is 0 Å². The Bertz CT molecular complexity index is 941. The van der Waals surface area contributed by atoms with Crippen LogP contribution in [0.2, 0.25) is 0 Å². The average Bonchev–Trinajstić information content (AvgIpc) is 2.74. The Morgan fingerprint density at radius 1 is 0.964 bits per heavy atom. The Morgan fingerprint density at radius 3 is 2.07 bits per heavy atom. The lowest BCUT2D eigenvalue weighted by Crippen LogP contribution is -2.30. The van der Waals surface area contributed by atoms with E-state index < -0.39 is 6.10 Å². The second-order valence-corrected chi connectivity index (χ2v) is 7.68. The van der Waals surface area contributed by atoms with Crippen LogP contribution in [-0.2, 0) is 11.8 Å². The second-order valence-electron chi connectivity index (χ2n) is 7.68. The summed E-state index contributed by atoms with van der Waals surface area (Å²) in [4.78, 5) is 7.79. The van der Waals surface area contributed by atoms with Crippen LogP contribution in [0, 0.1) is 12.5 Å². The van der Waals surface area contributed by atoms with E-state index in [2.05, 4.69) is 54.9 Å². The van der Waals surface area contributed by atoms with Crippen LogP contribution in [0.1, 0.15) is 49.3 Å². The van der Waals surface area contributed by atoms with Crippen LogP contribution in [0.4, 0.5) is 5.69 Å². The minimum atomic E-state index is -0.577. The zero-order valence-corrected chi connectivity index (χ0v) is 16.6. The number of hydrogen-bond donors (Lipinski definition) is 1. The van der Waals surface area contributed by atoms with Gasteiger partial charge in [-0.15, -0.1) is 0 Å². The smallest absolute Gasteiger partial charge is 0.187 e. The second kappa shape index (κ2) is 8.37. The predicted octanol–water partition coefficient (Wildman–Crippen LogP) is 5.87.